The molecule has 0 aromatic heterocycles. The minimum absolute atomic E-state index is 0.121. The van der Waals surface area contributed by atoms with Crippen LogP contribution in [0.3, 0.4) is 0 Å². The van der Waals surface area contributed by atoms with E-state index in [1.807, 2.05) is 0 Å². The zero-order chi connectivity index (χ0) is 11.4. The van der Waals surface area contributed by atoms with E-state index in [1.165, 1.54) is 12.8 Å². The SMILES string of the molecule is O=S(=O)(NCC[C@@H]1CCCN1)C1CCCC1. The van der Waals surface area contributed by atoms with E-state index in [-0.39, 0.29) is 5.25 Å². The van der Waals surface area contributed by atoms with Gasteiger partial charge in [-0.15, -0.1) is 0 Å². The molecule has 1 saturated heterocycles. The fraction of sp³-hybridized carbons (Fsp3) is 1.00. The molecule has 2 N–H and O–H groups in total. The number of nitrogens with one attached hydrogen (secondary N) is 2. The van der Waals surface area contributed by atoms with Crippen molar-refractivity contribution in [2.45, 2.75) is 56.2 Å². The van der Waals surface area contributed by atoms with Crippen LogP contribution in [0.25, 0.3) is 0 Å². The van der Waals surface area contributed by atoms with Gasteiger partial charge in [-0.05, 0) is 38.6 Å². The summed E-state index contributed by atoms with van der Waals surface area (Å²) in [7, 11) is -3.03. The quantitative estimate of drug-likeness (QED) is 0.760. The average molecular weight is 246 g/mol. The molecule has 2 rings (SSSR count). The maximum absolute atomic E-state index is 11.9. The Labute approximate surface area is 98.2 Å². The van der Waals surface area contributed by atoms with E-state index < -0.39 is 10.0 Å². The maximum atomic E-state index is 11.9. The molecule has 1 saturated carbocycles. The van der Waals surface area contributed by atoms with Crippen LogP contribution in [-0.4, -0.2) is 32.8 Å². The molecule has 0 aromatic carbocycles. The Balaban J connectivity index is 1.71. The third kappa shape index (κ3) is 3.18. The molecule has 1 atom stereocenters. The minimum atomic E-state index is -3.03. The van der Waals surface area contributed by atoms with Crippen molar-refractivity contribution in [1.82, 2.24) is 10.0 Å². The molecule has 94 valence electrons. The highest BCUT2D eigenvalue weighted by Gasteiger charge is 2.28. The van der Waals surface area contributed by atoms with Crippen molar-refractivity contribution in [3.63, 3.8) is 0 Å². The van der Waals surface area contributed by atoms with Gasteiger partial charge in [0.05, 0.1) is 5.25 Å². The molecule has 2 aliphatic rings. The van der Waals surface area contributed by atoms with E-state index >= 15 is 0 Å². The normalized spacial score (nSPS) is 27.6. The van der Waals surface area contributed by atoms with E-state index in [0.717, 1.165) is 38.6 Å². The summed E-state index contributed by atoms with van der Waals surface area (Å²) in [5.74, 6) is 0. The predicted molar refractivity (Wildman–Crippen MR) is 64.8 cm³/mol. The summed E-state index contributed by atoms with van der Waals surface area (Å²) < 4.78 is 26.5. The van der Waals surface area contributed by atoms with Crippen LogP contribution >= 0.6 is 0 Å². The summed E-state index contributed by atoms with van der Waals surface area (Å²) in [6.45, 7) is 1.68. The molecule has 1 heterocycles. The summed E-state index contributed by atoms with van der Waals surface area (Å²) in [4.78, 5) is 0. The molecule has 0 unspecified atom stereocenters. The van der Waals surface area contributed by atoms with Gasteiger partial charge in [-0.2, -0.15) is 0 Å². The van der Waals surface area contributed by atoms with Crippen molar-refractivity contribution < 1.29 is 8.42 Å². The Morgan fingerprint density at radius 1 is 1.12 bits per heavy atom. The van der Waals surface area contributed by atoms with Gasteiger partial charge in [0.25, 0.3) is 0 Å². The Bertz CT molecular complexity index is 304. The lowest BCUT2D eigenvalue weighted by atomic mass is 10.2. The van der Waals surface area contributed by atoms with Gasteiger partial charge in [0, 0.05) is 12.6 Å². The first kappa shape index (κ1) is 12.3. The standard InChI is InChI=1S/C11H22N2O2S/c14-16(15,11-5-1-2-6-11)13-9-7-10-4-3-8-12-10/h10-13H,1-9H2/t10-/m0/s1. The van der Waals surface area contributed by atoms with Crippen LogP contribution < -0.4 is 10.0 Å². The Morgan fingerprint density at radius 3 is 2.50 bits per heavy atom. The first-order valence-electron chi connectivity index (χ1n) is 6.40. The van der Waals surface area contributed by atoms with Crippen molar-refractivity contribution in [1.29, 1.82) is 0 Å². The third-order valence-corrected chi connectivity index (χ3v) is 5.66. The van der Waals surface area contributed by atoms with E-state index in [4.69, 9.17) is 0 Å². The molecule has 0 bridgehead atoms. The van der Waals surface area contributed by atoms with Crippen LogP contribution in [0.4, 0.5) is 0 Å². The summed E-state index contributed by atoms with van der Waals surface area (Å²) in [5.41, 5.74) is 0. The molecule has 0 amide bonds. The van der Waals surface area contributed by atoms with Crippen LogP contribution in [0.5, 0.6) is 0 Å². The molecule has 1 aliphatic carbocycles. The highest BCUT2D eigenvalue weighted by molar-refractivity contribution is 7.90. The Morgan fingerprint density at radius 2 is 1.88 bits per heavy atom. The third-order valence-electron chi connectivity index (χ3n) is 3.70. The van der Waals surface area contributed by atoms with Crippen molar-refractivity contribution in [3.8, 4) is 0 Å². The van der Waals surface area contributed by atoms with Gasteiger partial charge in [-0.3, -0.25) is 0 Å². The molecule has 5 heteroatoms. The van der Waals surface area contributed by atoms with E-state index in [1.54, 1.807) is 0 Å². The summed E-state index contributed by atoms with van der Waals surface area (Å²) in [5, 5.41) is 3.26. The van der Waals surface area contributed by atoms with Crippen LogP contribution in [0, 0.1) is 0 Å². The monoisotopic (exact) mass is 246 g/mol. The molecule has 1 aliphatic heterocycles. The van der Waals surface area contributed by atoms with E-state index in [9.17, 15) is 8.42 Å². The Kier molecular flexibility index (Phi) is 4.21. The zero-order valence-electron chi connectivity index (χ0n) is 9.74. The summed E-state index contributed by atoms with van der Waals surface area (Å²) >= 11 is 0. The first-order valence-corrected chi connectivity index (χ1v) is 7.95. The number of sulfonamides is 1. The van der Waals surface area contributed by atoms with Crippen molar-refractivity contribution >= 4 is 10.0 Å². The second kappa shape index (κ2) is 5.47. The second-order valence-corrected chi connectivity index (χ2v) is 6.97. The molecule has 0 aromatic rings. The fourth-order valence-corrected chi connectivity index (χ4v) is 4.29. The minimum Gasteiger partial charge on any atom is -0.314 e. The molecule has 2 fully saturated rings. The van der Waals surface area contributed by atoms with Gasteiger partial charge in [-0.1, -0.05) is 12.8 Å². The lowest BCUT2D eigenvalue weighted by molar-refractivity contribution is 0.532. The van der Waals surface area contributed by atoms with Gasteiger partial charge >= 0.3 is 0 Å². The molecular weight excluding hydrogens is 224 g/mol. The van der Waals surface area contributed by atoms with Crippen molar-refractivity contribution in [2.75, 3.05) is 13.1 Å². The highest BCUT2D eigenvalue weighted by atomic mass is 32.2. The van der Waals surface area contributed by atoms with E-state index in [2.05, 4.69) is 10.0 Å². The molecule has 0 radical (unpaired) electrons. The molecule has 4 nitrogen and oxygen atoms in total. The van der Waals surface area contributed by atoms with Gasteiger partial charge in [0.15, 0.2) is 0 Å². The smallest absolute Gasteiger partial charge is 0.214 e. The van der Waals surface area contributed by atoms with Crippen LogP contribution in [0.2, 0.25) is 0 Å². The Hall–Kier alpha value is -0.130. The van der Waals surface area contributed by atoms with Crippen LogP contribution in [0.15, 0.2) is 0 Å². The maximum Gasteiger partial charge on any atom is 0.214 e. The average Bonchev–Trinajstić information content (AvgIpc) is 2.90. The van der Waals surface area contributed by atoms with E-state index in [0.29, 0.717) is 12.6 Å². The second-order valence-electron chi connectivity index (χ2n) is 4.93. The molecule has 0 spiro atoms. The van der Waals surface area contributed by atoms with Gasteiger partial charge < -0.3 is 5.32 Å². The van der Waals surface area contributed by atoms with Gasteiger partial charge in [-0.25, -0.2) is 13.1 Å². The lowest BCUT2D eigenvalue weighted by Crippen LogP contribution is -2.35. The van der Waals surface area contributed by atoms with Crippen LogP contribution in [0.1, 0.15) is 44.9 Å². The summed E-state index contributed by atoms with van der Waals surface area (Å²) in [6.07, 6.45) is 7.15. The first-order chi connectivity index (χ1) is 7.68. The molecular formula is C11H22N2O2S. The van der Waals surface area contributed by atoms with Crippen LogP contribution in [-0.2, 0) is 10.0 Å². The number of hydrogen-bond acceptors (Lipinski definition) is 3. The summed E-state index contributed by atoms with van der Waals surface area (Å²) in [6, 6.07) is 0.520. The largest absolute Gasteiger partial charge is 0.314 e. The number of hydrogen-bond donors (Lipinski definition) is 2. The van der Waals surface area contributed by atoms with Gasteiger partial charge in [0.2, 0.25) is 10.0 Å². The number of rotatable bonds is 5. The predicted octanol–water partition coefficient (Wildman–Crippen LogP) is 0.990. The van der Waals surface area contributed by atoms with Crippen molar-refractivity contribution in [2.24, 2.45) is 0 Å². The molecule has 16 heavy (non-hydrogen) atoms. The zero-order valence-corrected chi connectivity index (χ0v) is 10.6. The highest BCUT2D eigenvalue weighted by Crippen LogP contribution is 2.23. The fourth-order valence-electron chi connectivity index (χ4n) is 2.70. The van der Waals surface area contributed by atoms with Gasteiger partial charge in [0.1, 0.15) is 0 Å². The van der Waals surface area contributed by atoms with Crippen molar-refractivity contribution in [3.05, 3.63) is 0 Å². The topological polar surface area (TPSA) is 58.2 Å². The lowest BCUT2D eigenvalue weighted by Gasteiger charge is -2.14.